The summed E-state index contributed by atoms with van der Waals surface area (Å²) in [7, 11) is 0. The van der Waals surface area contributed by atoms with Gasteiger partial charge in [0.1, 0.15) is 0 Å². The molecule has 0 rings (SSSR count). The van der Waals surface area contributed by atoms with Gasteiger partial charge in [-0.2, -0.15) is 0 Å². The summed E-state index contributed by atoms with van der Waals surface area (Å²) in [6.07, 6.45) is 0. The fourth-order valence-electron chi connectivity index (χ4n) is 0. The molecule has 0 aliphatic heterocycles. The quantitative estimate of drug-likeness (QED) is 0.298. The molecule has 0 aromatic carbocycles. The monoisotopic (exact) mass is 120 g/mol. The first-order chi connectivity index (χ1) is 1.73. The summed E-state index contributed by atoms with van der Waals surface area (Å²) >= 11 is 0. The summed E-state index contributed by atoms with van der Waals surface area (Å²) in [6.45, 7) is 0.972. The van der Waals surface area contributed by atoms with Crippen LogP contribution in [0.3, 0.4) is 0 Å². The Morgan fingerprint density at radius 3 is 1.43 bits per heavy atom. The van der Waals surface area contributed by atoms with Gasteiger partial charge in [-0.1, -0.05) is 8.41 Å². The number of carboxylic acids is 1. The molecule has 0 aromatic heterocycles. The number of carbonyl (C=O) groups is 1. The van der Waals surface area contributed by atoms with Crippen LogP contribution in [0, 0.1) is 0 Å². The molecule has 0 amide bonds. The molecule has 0 aromatic rings. The Hall–Kier alpha value is 1.53. The summed E-state index contributed by atoms with van der Waals surface area (Å²) < 4.78 is 0. The van der Waals surface area contributed by atoms with Crippen LogP contribution in [0.5, 0.6) is 0 Å². The minimum absolute atomic E-state index is 0. The maximum absolute atomic E-state index is 8.89. The molecule has 0 heterocycles. The summed E-state index contributed by atoms with van der Waals surface area (Å²) in [5, 5.41) is 8.89. The molecule has 2 nitrogen and oxygen atoms in total. The van der Waals surface area contributed by atoms with Gasteiger partial charge >= 0.3 is 59.1 Å². The van der Waals surface area contributed by atoms with Crippen molar-refractivity contribution in [2.45, 2.75) is 6.92 Å². The van der Waals surface area contributed by atoms with Crippen molar-refractivity contribution in [2.24, 2.45) is 0 Å². The van der Waals surface area contributed by atoms with Crippen molar-refractivity contribution < 1.29 is 69.0 Å². The Morgan fingerprint density at radius 2 is 1.43 bits per heavy atom. The Morgan fingerprint density at radius 1 is 1.43 bits per heavy atom. The van der Waals surface area contributed by atoms with Crippen LogP contribution in [0.2, 0.25) is 0 Å². The van der Waals surface area contributed by atoms with Gasteiger partial charge in [-0.05, 0) is 6.92 Å². The molecule has 0 spiro atoms. The van der Waals surface area contributed by atoms with Crippen molar-refractivity contribution >= 4 is 14.4 Å². The standard InChI is InChI=1S/C2H4O2.BH4.2Na/c1-2(3)4;;;/h1H3,(H,3,4);1H4;;/q;-1;2*+1/p-1. The van der Waals surface area contributed by atoms with E-state index in [4.69, 9.17) is 9.90 Å². The topological polar surface area (TPSA) is 40.1 Å². The van der Waals surface area contributed by atoms with Gasteiger partial charge < -0.3 is 9.90 Å². The zero-order valence-corrected chi connectivity index (χ0v) is 8.32. The Kier molecular flexibility index (Phi) is 52.7. The number of hydrogen-bond donors (Lipinski definition) is 0. The zero-order chi connectivity index (χ0) is 3.58. The number of hydrogen-bond acceptors (Lipinski definition) is 2. The number of carbonyl (C=O) groups excluding carboxylic acids is 1. The van der Waals surface area contributed by atoms with E-state index in [0.717, 1.165) is 6.92 Å². The first kappa shape index (κ1) is 23.6. The van der Waals surface area contributed by atoms with Crippen LogP contribution in [0.1, 0.15) is 6.92 Å². The molecular formula is C2H7BNa2O2. The second kappa shape index (κ2) is 15.6. The fraction of sp³-hybridized carbons (Fsp3) is 0.500. The predicted octanol–water partition coefficient (Wildman–Crippen LogP) is -8.69. The molecule has 0 aliphatic rings. The van der Waals surface area contributed by atoms with E-state index in [2.05, 4.69) is 0 Å². The molecule has 5 heteroatoms. The number of aliphatic carboxylic acids is 1. The fourth-order valence-corrected chi connectivity index (χ4v) is 0. The molecule has 0 saturated carbocycles. The van der Waals surface area contributed by atoms with Gasteiger partial charge in [0, 0.05) is 5.97 Å². The smallest absolute Gasteiger partial charge is 0.550 e. The average Bonchev–Trinajstić information content (AvgIpc) is 0.811. The summed E-state index contributed by atoms with van der Waals surface area (Å²) in [5.74, 6) is -1.08. The first-order valence-corrected chi connectivity index (χ1v) is 0.908. The third-order valence-electron chi connectivity index (χ3n) is 0. The average molecular weight is 120 g/mol. The van der Waals surface area contributed by atoms with Crippen LogP contribution in [-0.2, 0) is 4.79 Å². The van der Waals surface area contributed by atoms with Crippen LogP contribution < -0.4 is 64.2 Å². The van der Waals surface area contributed by atoms with Gasteiger partial charge in [-0.15, -0.1) is 0 Å². The molecule has 32 valence electrons. The third-order valence-corrected chi connectivity index (χ3v) is 0. The Balaban J connectivity index is -0.0000000150. The molecule has 0 bridgehead atoms. The van der Waals surface area contributed by atoms with Crippen molar-refractivity contribution in [1.29, 1.82) is 0 Å². The molecule has 0 unspecified atom stereocenters. The molecule has 7 heavy (non-hydrogen) atoms. The summed E-state index contributed by atoms with van der Waals surface area (Å²) in [6, 6.07) is 0. The molecule has 0 N–H and O–H groups in total. The summed E-state index contributed by atoms with van der Waals surface area (Å²) in [4.78, 5) is 8.89. The largest absolute Gasteiger partial charge is 1.00 e. The van der Waals surface area contributed by atoms with Crippen LogP contribution in [0.25, 0.3) is 0 Å². The van der Waals surface area contributed by atoms with E-state index in [-0.39, 0.29) is 67.5 Å². The van der Waals surface area contributed by atoms with Gasteiger partial charge in [0.25, 0.3) is 0 Å². The molecule has 0 aliphatic carbocycles. The predicted molar refractivity (Wildman–Crippen MR) is 22.0 cm³/mol. The van der Waals surface area contributed by atoms with E-state index in [0.29, 0.717) is 0 Å². The van der Waals surface area contributed by atoms with Crippen LogP contribution in [-0.4, -0.2) is 14.4 Å². The minimum atomic E-state index is -1.08. The second-order valence-electron chi connectivity index (χ2n) is 0.492. The molecule has 0 atom stereocenters. The van der Waals surface area contributed by atoms with Crippen molar-refractivity contribution in [3.05, 3.63) is 0 Å². The molecule has 0 saturated heterocycles. The van der Waals surface area contributed by atoms with Gasteiger partial charge in [0.05, 0.1) is 0 Å². The van der Waals surface area contributed by atoms with Gasteiger partial charge in [-0.3, -0.25) is 0 Å². The van der Waals surface area contributed by atoms with Gasteiger partial charge in [0.2, 0.25) is 0 Å². The number of carboxylic acid groups (broad SMARTS) is 1. The van der Waals surface area contributed by atoms with E-state index in [1.807, 2.05) is 0 Å². The molecule has 0 radical (unpaired) electrons. The van der Waals surface area contributed by atoms with Crippen LogP contribution in [0.15, 0.2) is 0 Å². The maximum Gasteiger partial charge on any atom is 1.00 e. The van der Waals surface area contributed by atoms with Crippen molar-refractivity contribution in [2.75, 3.05) is 0 Å². The SMILES string of the molecule is CC(=O)[O-].[BH4-].[Na+].[Na+]. The first-order valence-electron chi connectivity index (χ1n) is 0.908. The van der Waals surface area contributed by atoms with Crippen LogP contribution >= 0.6 is 0 Å². The van der Waals surface area contributed by atoms with Gasteiger partial charge in [-0.25, -0.2) is 0 Å². The van der Waals surface area contributed by atoms with E-state index in [9.17, 15) is 0 Å². The van der Waals surface area contributed by atoms with E-state index in [1.54, 1.807) is 0 Å². The minimum Gasteiger partial charge on any atom is -0.550 e. The van der Waals surface area contributed by atoms with Crippen molar-refractivity contribution in [1.82, 2.24) is 0 Å². The molecular weight excluding hydrogens is 113 g/mol. The number of rotatable bonds is 0. The van der Waals surface area contributed by atoms with E-state index < -0.39 is 5.97 Å². The molecule has 0 fully saturated rings. The van der Waals surface area contributed by atoms with Crippen molar-refractivity contribution in [3.63, 3.8) is 0 Å². The van der Waals surface area contributed by atoms with E-state index in [1.165, 1.54) is 0 Å². The second-order valence-corrected chi connectivity index (χ2v) is 0.492. The Labute approximate surface area is 89.2 Å². The van der Waals surface area contributed by atoms with Crippen molar-refractivity contribution in [3.8, 4) is 0 Å². The van der Waals surface area contributed by atoms with Crippen LogP contribution in [0.4, 0.5) is 0 Å². The van der Waals surface area contributed by atoms with Gasteiger partial charge in [0.15, 0.2) is 0 Å². The van der Waals surface area contributed by atoms with E-state index >= 15 is 0 Å². The summed E-state index contributed by atoms with van der Waals surface area (Å²) in [5.41, 5.74) is 0. The Bertz CT molecular complexity index is 36.7. The normalized spacial score (nSPS) is 3.57. The third kappa shape index (κ3) is 98.0. The zero-order valence-electron chi connectivity index (χ0n) is 4.32. The maximum atomic E-state index is 8.89.